The average Bonchev–Trinajstić information content (AvgIpc) is 2.55. The van der Waals surface area contributed by atoms with Crippen molar-refractivity contribution in [1.82, 2.24) is 4.98 Å². The molecule has 13 heavy (non-hydrogen) atoms. The van der Waals surface area contributed by atoms with Gasteiger partial charge < -0.3 is 4.98 Å². The second-order valence-electron chi connectivity index (χ2n) is 3.38. The van der Waals surface area contributed by atoms with Gasteiger partial charge in [0, 0.05) is 23.0 Å². The van der Waals surface area contributed by atoms with Crippen LogP contribution in [0.15, 0.2) is 18.3 Å². The predicted molar refractivity (Wildman–Crippen MR) is 57.3 cm³/mol. The van der Waals surface area contributed by atoms with E-state index in [1.54, 1.807) is 0 Å². The van der Waals surface area contributed by atoms with E-state index in [1.165, 1.54) is 27.6 Å². The summed E-state index contributed by atoms with van der Waals surface area (Å²) in [4.78, 5) is 3.26. The number of hydrogen-bond acceptors (Lipinski definition) is 0. The van der Waals surface area contributed by atoms with Crippen LogP contribution in [-0.2, 0) is 5.88 Å². The van der Waals surface area contributed by atoms with E-state index in [0.717, 1.165) is 0 Å². The molecule has 0 aliphatic carbocycles. The van der Waals surface area contributed by atoms with Crippen molar-refractivity contribution in [2.75, 3.05) is 0 Å². The normalized spacial score (nSPS) is 11.0. The minimum atomic E-state index is 0.572. The molecule has 0 aliphatic heterocycles. The van der Waals surface area contributed by atoms with Gasteiger partial charge >= 0.3 is 0 Å². The third kappa shape index (κ3) is 1.24. The van der Waals surface area contributed by atoms with Crippen molar-refractivity contribution >= 4 is 22.5 Å². The van der Waals surface area contributed by atoms with Gasteiger partial charge in [0.05, 0.1) is 0 Å². The second kappa shape index (κ2) is 3.08. The van der Waals surface area contributed by atoms with E-state index in [1.807, 2.05) is 6.20 Å². The SMILES string of the molecule is Cc1ccc2c(CCl)c[nH]c2c1C. The molecule has 2 heteroatoms. The molecule has 0 spiro atoms. The summed E-state index contributed by atoms with van der Waals surface area (Å²) in [5.74, 6) is 0.572. The molecule has 1 N–H and O–H groups in total. The maximum atomic E-state index is 5.82. The molecule has 0 fully saturated rings. The molecule has 1 heterocycles. The largest absolute Gasteiger partial charge is 0.361 e. The van der Waals surface area contributed by atoms with Gasteiger partial charge in [0.2, 0.25) is 0 Å². The lowest BCUT2D eigenvalue weighted by molar-refractivity contribution is 1.34. The summed E-state index contributed by atoms with van der Waals surface area (Å²) in [6.45, 7) is 4.25. The molecule has 2 aromatic rings. The number of hydrogen-bond donors (Lipinski definition) is 1. The van der Waals surface area contributed by atoms with Crippen LogP contribution < -0.4 is 0 Å². The first-order valence-electron chi connectivity index (χ1n) is 4.36. The van der Waals surface area contributed by atoms with Crippen molar-refractivity contribution in [3.8, 4) is 0 Å². The zero-order valence-corrected chi connectivity index (χ0v) is 8.57. The molecule has 2 rings (SSSR count). The van der Waals surface area contributed by atoms with Crippen LogP contribution in [0.5, 0.6) is 0 Å². The predicted octanol–water partition coefficient (Wildman–Crippen LogP) is 3.52. The van der Waals surface area contributed by atoms with Crippen molar-refractivity contribution in [2.24, 2.45) is 0 Å². The maximum Gasteiger partial charge on any atom is 0.0495 e. The fraction of sp³-hybridized carbons (Fsp3) is 0.273. The van der Waals surface area contributed by atoms with Gasteiger partial charge in [-0.2, -0.15) is 0 Å². The zero-order chi connectivity index (χ0) is 9.42. The monoisotopic (exact) mass is 193 g/mol. The Morgan fingerprint density at radius 3 is 2.77 bits per heavy atom. The summed E-state index contributed by atoms with van der Waals surface area (Å²) in [7, 11) is 0. The summed E-state index contributed by atoms with van der Waals surface area (Å²) in [5.41, 5.74) is 5.03. The topological polar surface area (TPSA) is 15.8 Å². The van der Waals surface area contributed by atoms with Gasteiger partial charge in [0.1, 0.15) is 0 Å². The van der Waals surface area contributed by atoms with Crippen LogP contribution in [-0.4, -0.2) is 4.98 Å². The fourth-order valence-electron chi connectivity index (χ4n) is 1.62. The molecule has 1 aromatic heterocycles. The van der Waals surface area contributed by atoms with E-state index in [4.69, 9.17) is 11.6 Å². The number of nitrogens with one attached hydrogen (secondary N) is 1. The highest BCUT2D eigenvalue weighted by atomic mass is 35.5. The molecule has 0 atom stereocenters. The summed E-state index contributed by atoms with van der Waals surface area (Å²) in [6.07, 6.45) is 1.99. The first-order valence-corrected chi connectivity index (χ1v) is 4.89. The first-order chi connectivity index (χ1) is 6.24. The van der Waals surface area contributed by atoms with E-state index in [2.05, 4.69) is 31.0 Å². The van der Waals surface area contributed by atoms with Crippen molar-refractivity contribution in [1.29, 1.82) is 0 Å². The number of benzene rings is 1. The molecule has 0 saturated carbocycles. The number of rotatable bonds is 1. The Morgan fingerprint density at radius 1 is 1.31 bits per heavy atom. The number of aryl methyl sites for hydroxylation is 2. The van der Waals surface area contributed by atoms with Gasteiger partial charge in [-0.15, -0.1) is 11.6 Å². The molecular formula is C11H12ClN. The summed E-state index contributed by atoms with van der Waals surface area (Å²) in [6, 6.07) is 4.27. The van der Waals surface area contributed by atoms with E-state index in [-0.39, 0.29) is 0 Å². The molecule has 0 bridgehead atoms. The standard InChI is InChI=1S/C11H12ClN/c1-7-3-4-10-9(5-12)6-13-11(10)8(7)2/h3-4,6,13H,5H2,1-2H3. The molecule has 0 amide bonds. The van der Waals surface area contributed by atoms with E-state index in [9.17, 15) is 0 Å². The summed E-state index contributed by atoms with van der Waals surface area (Å²) < 4.78 is 0. The minimum Gasteiger partial charge on any atom is -0.361 e. The smallest absolute Gasteiger partial charge is 0.0495 e. The van der Waals surface area contributed by atoms with Gasteiger partial charge in [-0.3, -0.25) is 0 Å². The lowest BCUT2D eigenvalue weighted by Crippen LogP contribution is -1.82. The molecular weight excluding hydrogens is 182 g/mol. The Hall–Kier alpha value is -0.950. The number of halogens is 1. The molecule has 1 aromatic carbocycles. The van der Waals surface area contributed by atoms with Crippen molar-refractivity contribution in [3.05, 3.63) is 35.0 Å². The Kier molecular flexibility index (Phi) is 2.04. The lowest BCUT2D eigenvalue weighted by Gasteiger charge is -2.01. The van der Waals surface area contributed by atoms with E-state index < -0.39 is 0 Å². The zero-order valence-electron chi connectivity index (χ0n) is 7.82. The number of fused-ring (bicyclic) bond motifs is 1. The van der Waals surface area contributed by atoms with Gasteiger partial charge in [-0.05, 0) is 30.5 Å². The van der Waals surface area contributed by atoms with Crippen LogP contribution >= 0.6 is 11.6 Å². The summed E-state index contributed by atoms with van der Waals surface area (Å²) in [5, 5.41) is 1.25. The van der Waals surface area contributed by atoms with Gasteiger partial charge in [0.25, 0.3) is 0 Å². The first kappa shape index (κ1) is 8.64. The molecule has 0 unspecified atom stereocenters. The van der Waals surface area contributed by atoms with Crippen molar-refractivity contribution < 1.29 is 0 Å². The Morgan fingerprint density at radius 2 is 2.08 bits per heavy atom. The number of aromatic amines is 1. The number of alkyl halides is 1. The molecule has 1 nitrogen and oxygen atoms in total. The number of aromatic nitrogens is 1. The van der Waals surface area contributed by atoms with Crippen molar-refractivity contribution in [3.63, 3.8) is 0 Å². The highest BCUT2D eigenvalue weighted by Crippen LogP contribution is 2.24. The van der Waals surface area contributed by atoms with E-state index >= 15 is 0 Å². The molecule has 0 saturated heterocycles. The van der Waals surface area contributed by atoms with E-state index in [0.29, 0.717) is 5.88 Å². The Balaban J connectivity index is 2.81. The van der Waals surface area contributed by atoms with Crippen LogP contribution in [0.3, 0.4) is 0 Å². The lowest BCUT2D eigenvalue weighted by atomic mass is 10.1. The maximum absolute atomic E-state index is 5.82. The minimum absolute atomic E-state index is 0.572. The average molecular weight is 194 g/mol. The van der Waals surface area contributed by atoms with Gasteiger partial charge in [-0.1, -0.05) is 12.1 Å². The van der Waals surface area contributed by atoms with Gasteiger partial charge in [-0.25, -0.2) is 0 Å². The van der Waals surface area contributed by atoms with Crippen LogP contribution in [0.1, 0.15) is 16.7 Å². The van der Waals surface area contributed by atoms with Crippen LogP contribution in [0.2, 0.25) is 0 Å². The Bertz CT molecular complexity index is 443. The third-order valence-electron chi connectivity index (χ3n) is 2.62. The molecule has 0 aliphatic rings. The highest BCUT2D eigenvalue weighted by Gasteiger charge is 2.05. The summed E-state index contributed by atoms with van der Waals surface area (Å²) >= 11 is 5.82. The Labute approximate surface area is 82.7 Å². The quantitative estimate of drug-likeness (QED) is 0.667. The highest BCUT2D eigenvalue weighted by molar-refractivity contribution is 6.18. The molecule has 68 valence electrons. The fourth-order valence-corrected chi connectivity index (χ4v) is 1.84. The number of H-pyrrole nitrogens is 1. The van der Waals surface area contributed by atoms with Gasteiger partial charge in [0.15, 0.2) is 0 Å². The second-order valence-corrected chi connectivity index (χ2v) is 3.64. The van der Waals surface area contributed by atoms with Crippen molar-refractivity contribution in [2.45, 2.75) is 19.7 Å². The third-order valence-corrected chi connectivity index (χ3v) is 2.90. The van der Waals surface area contributed by atoms with Crippen LogP contribution in [0.25, 0.3) is 10.9 Å². The van der Waals surface area contributed by atoms with Crippen LogP contribution in [0.4, 0.5) is 0 Å². The molecule has 0 radical (unpaired) electrons. The van der Waals surface area contributed by atoms with Crippen LogP contribution in [0, 0.1) is 13.8 Å².